The fourth-order valence-corrected chi connectivity index (χ4v) is 7.01. The number of anilines is 3. The Hall–Kier alpha value is -6.13. The van der Waals surface area contributed by atoms with E-state index in [-0.39, 0.29) is 5.82 Å². The van der Waals surface area contributed by atoms with E-state index < -0.39 is 0 Å². The van der Waals surface area contributed by atoms with Gasteiger partial charge in [-0.25, -0.2) is 4.39 Å². The van der Waals surface area contributed by atoms with Crippen molar-refractivity contribution in [2.75, 3.05) is 4.90 Å². The van der Waals surface area contributed by atoms with Crippen molar-refractivity contribution in [2.45, 2.75) is 0 Å². The summed E-state index contributed by atoms with van der Waals surface area (Å²) in [6.07, 6.45) is 0. The Balaban J connectivity index is 1.35. The third kappa shape index (κ3) is 4.04. The van der Waals surface area contributed by atoms with Gasteiger partial charge in [0.15, 0.2) is 0 Å². The van der Waals surface area contributed by atoms with Crippen LogP contribution in [0.2, 0.25) is 0 Å². The molecule has 0 aliphatic heterocycles. The van der Waals surface area contributed by atoms with Gasteiger partial charge in [0, 0.05) is 44.3 Å². The van der Waals surface area contributed by atoms with Crippen LogP contribution in [0.25, 0.3) is 55.0 Å². The molecule has 46 heavy (non-hydrogen) atoms. The Labute approximate surface area is 265 Å². The number of para-hydroxylation sites is 4. The second-order valence-electron chi connectivity index (χ2n) is 11.6. The number of hydrogen-bond donors (Lipinski definition) is 0. The molecule has 0 bridgehead atoms. The lowest BCUT2D eigenvalue weighted by molar-refractivity contribution is 0.628. The molecule has 2 heterocycles. The summed E-state index contributed by atoms with van der Waals surface area (Å²) in [5, 5.41) is 4.63. The molecular formula is C42H28FN3. The highest BCUT2D eigenvalue weighted by atomic mass is 19.1. The molecule has 0 unspecified atom stereocenters. The second kappa shape index (κ2) is 10.5. The van der Waals surface area contributed by atoms with Crippen molar-refractivity contribution < 1.29 is 4.39 Å². The molecule has 0 N–H and O–H groups in total. The van der Waals surface area contributed by atoms with Crippen molar-refractivity contribution >= 4 is 60.7 Å². The third-order valence-electron chi connectivity index (χ3n) is 8.94. The van der Waals surface area contributed by atoms with E-state index in [4.69, 9.17) is 0 Å². The maximum atomic E-state index is 14.3. The summed E-state index contributed by atoms with van der Waals surface area (Å²) in [6, 6.07) is 58.0. The molecule has 2 aromatic heterocycles. The first-order valence-electron chi connectivity index (χ1n) is 15.5. The molecule has 0 spiro atoms. The van der Waals surface area contributed by atoms with Gasteiger partial charge in [-0.1, -0.05) is 78.9 Å². The van der Waals surface area contributed by atoms with Gasteiger partial charge in [-0.2, -0.15) is 0 Å². The monoisotopic (exact) mass is 593 g/mol. The third-order valence-corrected chi connectivity index (χ3v) is 8.94. The van der Waals surface area contributed by atoms with Gasteiger partial charge in [-0.05, 0) is 91.0 Å². The molecule has 0 fully saturated rings. The number of aromatic nitrogens is 2. The van der Waals surface area contributed by atoms with E-state index in [0.29, 0.717) is 0 Å². The van der Waals surface area contributed by atoms with Crippen LogP contribution in [0.3, 0.4) is 0 Å². The van der Waals surface area contributed by atoms with E-state index in [1.165, 1.54) is 17.5 Å². The first kappa shape index (κ1) is 26.3. The molecule has 218 valence electrons. The van der Waals surface area contributed by atoms with Gasteiger partial charge in [0.2, 0.25) is 0 Å². The standard InChI is InChI=1S/C42H28FN3/c43-29-22-24-32(25-23-29)44(33-26-27-39-36(28-33)34-16-7-9-18-37(34)45(39)30-12-3-1-4-13-30)40-20-11-21-41-42(40)35-17-8-10-19-38(35)46(41)31-14-5-2-6-15-31/h1-28H. The van der Waals surface area contributed by atoms with Crippen LogP contribution in [-0.2, 0) is 0 Å². The van der Waals surface area contributed by atoms with E-state index >= 15 is 0 Å². The molecule has 9 aromatic rings. The van der Waals surface area contributed by atoms with E-state index in [1.54, 1.807) is 0 Å². The smallest absolute Gasteiger partial charge is 0.123 e. The molecule has 0 saturated carbocycles. The summed E-state index contributed by atoms with van der Waals surface area (Å²) >= 11 is 0. The molecule has 7 aromatic carbocycles. The fourth-order valence-electron chi connectivity index (χ4n) is 7.01. The summed E-state index contributed by atoms with van der Waals surface area (Å²) in [4.78, 5) is 2.26. The first-order valence-corrected chi connectivity index (χ1v) is 15.5. The fraction of sp³-hybridized carbons (Fsp3) is 0. The van der Waals surface area contributed by atoms with Gasteiger partial charge < -0.3 is 14.0 Å². The molecule has 0 amide bonds. The summed E-state index contributed by atoms with van der Waals surface area (Å²) in [5.41, 5.74) is 9.67. The second-order valence-corrected chi connectivity index (χ2v) is 11.6. The van der Waals surface area contributed by atoms with Crippen LogP contribution in [0.4, 0.5) is 21.5 Å². The van der Waals surface area contributed by atoms with E-state index in [2.05, 4.69) is 147 Å². The number of fused-ring (bicyclic) bond motifs is 6. The molecule has 3 nitrogen and oxygen atoms in total. The Bertz CT molecular complexity index is 2530. The molecule has 4 heteroatoms. The van der Waals surface area contributed by atoms with Crippen molar-refractivity contribution in [3.05, 3.63) is 176 Å². The van der Waals surface area contributed by atoms with Crippen molar-refractivity contribution in [2.24, 2.45) is 0 Å². The minimum atomic E-state index is -0.260. The molecule has 0 radical (unpaired) electrons. The van der Waals surface area contributed by atoms with Crippen LogP contribution in [0.5, 0.6) is 0 Å². The molecule has 0 saturated heterocycles. The van der Waals surface area contributed by atoms with Gasteiger partial charge in [-0.3, -0.25) is 0 Å². The largest absolute Gasteiger partial charge is 0.310 e. The zero-order valence-electron chi connectivity index (χ0n) is 24.9. The minimum Gasteiger partial charge on any atom is -0.310 e. The normalized spacial score (nSPS) is 11.6. The van der Waals surface area contributed by atoms with Crippen LogP contribution in [0.15, 0.2) is 170 Å². The predicted octanol–water partition coefficient (Wildman–Crippen LogP) is 11.5. The molecule has 0 aliphatic rings. The molecule has 9 rings (SSSR count). The highest BCUT2D eigenvalue weighted by Crippen LogP contribution is 2.45. The quantitative estimate of drug-likeness (QED) is 0.193. The van der Waals surface area contributed by atoms with Crippen molar-refractivity contribution in [3.63, 3.8) is 0 Å². The number of halogens is 1. The maximum Gasteiger partial charge on any atom is 0.123 e. The van der Waals surface area contributed by atoms with Gasteiger partial charge in [0.05, 0.1) is 27.8 Å². The predicted molar refractivity (Wildman–Crippen MR) is 190 cm³/mol. The van der Waals surface area contributed by atoms with E-state index in [9.17, 15) is 4.39 Å². The molecule has 0 atom stereocenters. The zero-order valence-corrected chi connectivity index (χ0v) is 24.9. The van der Waals surface area contributed by atoms with Crippen molar-refractivity contribution in [1.82, 2.24) is 9.13 Å². The van der Waals surface area contributed by atoms with Gasteiger partial charge in [0.25, 0.3) is 0 Å². The Morgan fingerprint density at radius 2 is 0.913 bits per heavy atom. The number of benzene rings is 7. The number of hydrogen-bond acceptors (Lipinski definition) is 1. The number of nitrogens with zero attached hydrogens (tertiary/aromatic N) is 3. The first-order chi connectivity index (χ1) is 22.8. The lowest BCUT2D eigenvalue weighted by Gasteiger charge is -2.27. The average Bonchev–Trinajstić information content (AvgIpc) is 3.63. The van der Waals surface area contributed by atoms with Crippen LogP contribution in [0.1, 0.15) is 0 Å². The van der Waals surface area contributed by atoms with Gasteiger partial charge in [0.1, 0.15) is 5.82 Å². The lowest BCUT2D eigenvalue weighted by Crippen LogP contribution is -2.10. The van der Waals surface area contributed by atoms with Crippen LogP contribution < -0.4 is 4.90 Å². The summed E-state index contributed by atoms with van der Waals surface area (Å²) < 4.78 is 19.0. The Morgan fingerprint density at radius 1 is 0.391 bits per heavy atom. The van der Waals surface area contributed by atoms with E-state index in [0.717, 1.165) is 66.7 Å². The summed E-state index contributed by atoms with van der Waals surface area (Å²) in [5.74, 6) is -0.260. The van der Waals surface area contributed by atoms with Crippen LogP contribution in [0, 0.1) is 5.82 Å². The zero-order chi connectivity index (χ0) is 30.6. The Morgan fingerprint density at radius 3 is 1.61 bits per heavy atom. The van der Waals surface area contributed by atoms with Crippen LogP contribution in [-0.4, -0.2) is 9.13 Å². The lowest BCUT2D eigenvalue weighted by atomic mass is 10.1. The average molecular weight is 594 g/mol. The highest BCUT2D eigenvalue weighted by molar-refractivity contribution is 6.17. The Kier molecular flexibility index (Phi) is 6.00. The highest BCUT2D eigenvalue weighted by Gasteiger charge is 2.22. The van der Waals surface area contributed by atoms with Crippen LogP contribution >= 0.6 is 0 Å². The van der Waals surface area contributed by atoms with Crippen molar-refractivity contribution in [1.29, 1.82) is 0 Å². The number of rotatable bonds is 5. The van der Waals surface area contributed by atoms with Gasteiger partial charge in [-0.15, -0.1) is 0 Å². The SMILES string of the molecule is Fc1ccc(N(c2ccc3c(c2)c2ccccc2n3-c2ccccc2)c2cccc3c2c2ccccc2n3-c2ccccc2)cc1. The summed E-state index contributed by atoms with van der Waals surface area (Å²) in [7, 11) is 0. The maximum absolute atomic E-state index is 14.3. The van der Waals surface area contributed by atoms with Crippen molar-refractivity contribution in [3.8, 4) is 11.4 Å². The summed E-state index contributed by atoms with van der Waals surface area (Å²) in [6.45, 7) is 0. The van der Waals surface area contributed by atoms with Gasteiger partial charge >= 0.3 is 0 Å². The minimum absolute atomic E-state index is 0.260. The topological polar surface area (TPSA) is 13.1 Å². The molecule has 0 aliphatic carbocycles. The molecular weight excluding hydrogens is 565 g/mol. The van der Waals surface area contributed by atoms with E-state index in [1.807, 2.05) is 24.3 Å².